The van der Waals surface area contributed by atoms with E-state index in [1.54, 1.807) is 44.4 Å². The molecule has 1 aromatic heterocycles. The van der Waals surface area contributed by atoms with Crippen molar-refractivity contribution in [3.05, 3.63) is 70.8 Å². The van der Waals surface area contributed by atoms with Crippen LogP contribution < -0.4 is 15.4 Å². The predicted molar refractivity (Wildman–Crippen MR) is 102 cm³/mol. The monoisotopic (exact) mass is 386 g/mol. The number of aromatic nitrogens is 2. The topological polar surface area (TPSA) is 76.1 Å². The third kappa shape index (κ3) is 4.71. The van der Waals surface area contributed by atoms with Crippen LogP contribution in [0.5, 0.6) is 5.75 Å². The molecule has 1 amide bonds. The van der Waals surface area contributed by atoms with Gasteiger partial charge in [0.2, 0.25) is 5.95 Å². The van der Waals surface area contributed by atoms with E-state index < -0.39 is 11.7 Å². The van der Waals surface area contributed by atoms with E-state index in [1.165, 1.54) is 18.2 Å². The number of nitrogens with one attached hydrogen (secondary N) is 2. The van der Waals surface area contributed by atoms with Crippen LogP contribution in [0.15, 0.2) is 48.5 Å². The maximum absolute atomic E-state index is 13.3. The smallest absolute Gasteiger partial charge is 0.274 e. The Balaban J connectivity index is 1.81. The maximum atomic E-state index is 13.3. The van der Waals surface area contributed by atoms with Crippen molar-refractivity contribution in [2.75, 3.05) is 17.7 Å². The minimum atomic E-state index is -0.522. The van der Waals surface area contributed by atoms with Gasteiger partial charge in [0.05, 0.1) is 12.1 Å². The molecule has 2 aromatic carbocycles. The lowest BCUT2D eigenvalue weighted by molar-refractivity contribution is 0.102. The summed E-state index contributed by atoms with van der Waals surface area (Å²) in [7, 11) is 1.55. The second kappa shape index (κ2) is 8.01. The van der Waals surface area contributed by atoms with Crippen LogP contribution in [0.3, 0.4) is 0 Å². The highest BCUT2D eigenvalue weighted by Crippen LogP contribution is 2.22. The third-order valence-corrected chi connectivity index (χ3v) is 3.88. The van der Waals surface area contributed by atoms with Crippen molar-refractivity contribution in [3.8, 4) is 5.75 Å². The quantitative estimate of drug-likeness (QED) is 0.671. The van der Waals surface area contributed by atoms with Crippen LogP contribution >= 0.6 is 11.6 Å². The van der Waals surface area contributed by atoms with Crippen LogP contribution in [0, 0.1) is 12.7 Å². The molecule has 0 saturated carbocycles. The van der Waals surface area contributed by atoms with Crippen molar-refractivity contribution in [1.29, 1.82) is 0 Å². The SMILES string of the molecule is COc1cccc(NC(=O)c2cc(C)nc(Nc3ccc(F)c(Cl)c3)n2)c1. The molecule has 0 aliphatic carbocycles. The molecule has 2 N–H and O–H groups in total. The fourth-order valence-corrected chi connectivity index (χ4v) is 2.52. The molecule has 0 spiro atoms. The Labute approximate surface area is 160 Å². The number of anilines is 3. The van der Waals surface area contributed by atoms with Crippen LogP contribution in [0.2, 0.25) is 5.02 Å². The summed E-state index contributed by atoms with van der Waals surface area (Å²) in [5.74, 6) is -0.0876. The minimum absolute atomic E-state index is 0.0244. The number of nitrogens with zero attached hydrogens (tertiary/aromatic N) is 2. The van der Waals surface area contributed by atoms with Crippen molar-refractivity contribution in [1.82, 2.24) is 9.97 Å². The number of amides is 1. The number of aryl methyl sites for hydroxylation is 1. The van der Waals surface area contributed by atoms with Crippen molar-refractivity contribution >= 4 is 34.8 Å². The Hall–Kier alpha value is -3.19. The molecule has 3 rings (SSSR count). The average Bonchev–Trinajstić information content (AvgIpc) is 2.64. The summed E-state index contributed by atoms with van der Waals surface area (Å²) in [6, 6.07) is 12.7. The van der Waals surface area contributed by atoms with E-state index in [4.69, 9.17) is 16.3 Å². The number of halogens is 2. The molecular weight excluding hydrogens is 371 g/mol. The van der Waals surface area contributed by atoms with Gasteiger partial charge in [-0.3, -0.25) is 4.79 Å². The molecule has 138 valence electrons. The zero-order valence-electron chi connectivity index (χ0n) is 14.6. The molecule has 0 saturated heterocycles. The van der Waals surface area contributed by atoms with E-state index in [9.17, 15) is 9.18 Å². The molecule has 0 aliphatic heterocycles. The van der Waals surface area contributed by atoms with E-state index in [1.807, 2.05) is 0 Å². The van der Waals surface area contributed by atoms with Crippen LogP contribution in [0.1, 0.15) is 16.2 Å². The van der Waals surface area contributed by atoms with E-state index in [0.717, 1.165) is 0 Å². The lowest BCUT2D eigenvalue weighted by Gasteiger charge is -2.10. The summed E-state index contributed by atoms with van der Waals surface area (Å²) in [5.41, 5.74) is 1.86. The highest BCUT2D eigenvalue weighted by Gasteiger charge is 2.12. The first kappa shape index (κ1) is 18.6. The van der Waals surface area contributed by atoms with Crippen LogP contribution in [0.25, 0.3) is 0 Å². The Morgan fingerprint density at radius 1 is 1.11 bits per heavy atom. The standard InChI is InChI=1S/C19H16ClFN4O2/c1-11-8-17(18(26)23-12-4-3-5-14(9-12)27-2)25-19(22-11)24-13-6-7-16(21)15(20)10-13/h3-10H,1-2H3,(H,23,26)(H,22,24,25). The Morgan fingerprint density at radius 2 is 1.93 bits per heavy atom. The van der Waals surface area contributed by atoms with Gasteiger partial charge < -0.3 is 15.4 Å². The van der Waals surface area contributed by atoms with Gasteiger partial charge in [-0.1, -0.05) is 17.7 Å². The summed E-state index contributed by atoms with van der Waals surface area (Å²) >= 11 is 5.78. The molecule has 0 atom stereocenters. The highest BCUT2D eigenvalue weighted by atomic mass is 35.5. The van der Waals surface area contributed by atoms with Gasteiger partial charge in [0.25, 0.3) is 5.91 Å². The average molecular weight is 387 g/mol. The first-order valence-electron chi connectivity index (χ1n) is 7.98. The molecule has 0 fully saturated rings. The van der Waals surface area contributed by atoms with Gasteiger partial charge in [-0.05, 0) is 43.3 Å². The van der Waals surface area contributed by atoms with E-state index in [2.05, 4.69) is 20.6 Å². The number of carbonyl (C=O) groups excluding carboxylic acids is 1. The Morgan fingerprint density at radius 3 is 2.67 bits per heavy atom. The van der Waals surface area contributed by atoms with Gasteiger partial charge in [-0.25, -0.2) is 14.4 Å². The number of hydrogen-bond donors (Lipinski definition) is 2. The van der Waals surface area contributed by atoms with Crippen molar-refractivity contribution < 1.29 is 13.9 Å². The summed E-state index contributed by atoms with van der Waals surface area (Å²) in [4.78, 5) is 21.0. The molecule has 0 radical (unpaired) electrons. The van der Waals surface area contributed by atoms with Crippen LogP contribution in [-0.4, -0.2) is 23.0 Å². The van der Waals surface area contributed by atoms with Gasteiger partial charge in [0.15, 0.2) is 0 Å². The number of ether oxygens (including phenoxy) is 1. The number of methoxy groups -OCH3 is 1. The summed E-state index contributed by atoms with van der Waals surface area (Å²) in [6.45, 7) is 1.74. The number of rotatable bonds is 5. The van der Waals surface area contributed by atoms with Crippen LogP contribution in [-0.2, 0) is 0 Å². The van der Waals surface area contributed by atoms with Crippen molar-refractivity contribution in [2.24, 2.45) is 0 Å². The number of carbonyl (C=O) groups is 1. The summed E-state index contributed by atoms with van der Waals surface area (Å²) < 4.78 is 18.4. The fraction of sp³-hybridized carbons (Fsp3) is 0.105. The second-order valence-corrected chi connectivity index (χ2v) is 6.07. The van der Waals surface area contributed by atoms with Gasteiger partial charge in [-0.15, -0.1) is 0 Å². The predicted octanol–water partition coefficient (Wildman–Crippen LogP) is 4.58. The first-order chi connectivity index (χ1) is 12.9. The molecule has 0 aliphatic rings. The van der Waals surface area contributed by atoms with E-state index >= 15 is 0 Å². The molecule has 27 heavy (non-hydrogen) atoms. The molecule has 0 bridgehead atoms. The molecular formula is C19H16ClFN4O2. The largest absolute Gasteiger partial charge is 0.497 e. The fourth-order valence-electron chi connectivity index (χ4n) is 2.34. The molecule has 8 heteroatoms. The van der Waals surface area contributed by atoms with Gasteiger partial charge in [-0.2, -0.15) is 0 Å². The number of hydrogen-bond acceptors (Lipinski definition) is 5. The second-order valence-electron chi connectivity index (χ2n) is 5.66. The Bertz CT molecular complexity index is 997. The highest BCUT2D eigenvalue weighted by molar-refractivity contribution is 6.31. The minimum Gasteiger partial charge on any atom is -0.497 e. The van der Waals surface area contributed by atoms with Gasteiger partial charge in [0, 0.05) is 23.1 Å². The van der Waals surface area contributed by atoms with E-state index in [-0.39, 0.29) is 16.7 Å². The number of benzene rings is 2. The maximum Gasteiger partial charge on any atom is 0.274 e. The summed E-state index contributed by atoms with van der Waals surface area (Å²) in [6.07, 6.45) is 0. The third-order valence-electron chi connectivity index (χ3n) is 3.59. The van der Waals surface area contributed by atoms with Crippen molar-refractivity contribution in [2.45, 2.75) is 6.92 Å². The van der Waals surface area contributed by atoms with Crippen molar-refractivity contribution in [3.63, 3.8) is 0 Å². The van der Waals surface area contributed by atoms with Gasteiger partial charge in [0.1, 0.15) is 17.3 Å². The van der Waals surface area contributed by atoms with Gasteiger partial charge >= 0.3 is 0 Å². The molecule has 1 heterocycles. The normalized spacial score (nSPS) is 10.4. The first-order valence-corrected chi connectivity index (χ1v) is 8.35. The van der Waals surface area contributed by atoms with Crippen LogP contribution in [0.4, 0.5) is 21.7 Å². The molecule has 3 aromatic rings. The lowest BCUT2D eigenvalue weighted by atomic mass is 10.2. The molecule has 6 nitrogen and oxygen atoms in total. The summed E-state index contributed by atoms with van der Waals surface area (Å²) in [5, 5.41) is 5.65. The zero-order chi connectivity index (χ0) is 19.4. The zero-order valence-corrected chi connectivity index (χ0v) is 15.3. The lowest BCUT2D eigenvalue weighted by Crippen LogP contribution is -2.15. The molecule has 0 unspecified atom stereocenters. The Kier molecular flexibility index (Phi) is 5.52. The van der Waals surface area contributed by atoms with E-state index in [0.29, 0.717) is 22.8 Å².